The number of para-hydroxylation sites is 4. The van der Waals surface area contributed by atoms with E-state index in [1.54, 1.807) is 19.1 Å². The summed E-state index contributed by atoms with van der Waals surface area (Å²) in [5, 5.41) is 19.0. The summed E-state index contributed by atoms with van der Waals surface area (Å²) in [6, 6.07) is 65.2. The van der Waals surface area contributed by atoms with Crippen molar-refractivity contribution >= 4 is 106 Å². The molecule has 0 unspecified atom stereocenters. The molecule has 72 heavy (non-hydrogen) atoms. The van der Waals surface area contributed by atoms with Crippen LogP contribution >= 0.6 is 44.3 Å². The van der Waals surface area contributed by atoms with E-state index in [1.807, 2.05) is 164 Å². The first-order valence-electron chi connectivity index (χ1n) is 21.7. The number of carbonyl (C=O) groups is 1. The Kier molecular flexibility index (Phi) is 22.5. The average Bonchev–Trinajstić information content (AvgIpc) is 3.96. The van der Waals surface area contributed by atoms with Gasteiger partial charge in [-0.25, -0.2) is 9.97 Å². The Balaban J connectivity index is 0.000000247. The summed E-state index contributed by atoms with van der Waals surface area (Å²) < 4.78 is 14.2. The van der Waals surface area contributed by atoms with Gasteiger partial charge in [0.2, 0.25) is 0 Å². The minimum Gasteiger partial charge on any atom is -0.870 e. The van der Waals surface area contributed by atoms with Crippen LogP contribution in [0.3, 0.4) is 0 Å². The molecule has 0 saturated heterocycles. The second-order valence-corrected chi connectivity index (χ2v) is 17.1. The van der Waals surface area contributed by atoms with E-state index >= 15 is 0 Å². The van der Waals surface area contributed by atoms with Gasteiger partial charge >= 0.3 is 29.6 Å². The number of carbonyl (C=O) groups excluding carboxylic acids is 1. The maximum atomic E-state index is 12.2. The summed E-state index contributed by atoms with van der Waals surface area (Å²) in [4.78, 5) is 22.1. The van der Waals surface area contributed by atoms with Crippen LogP contribution in [0.25, 0.3) is 83.9 Å². The van der Waals surface area contributed by atoms with Gasteiger partial charge in [0.1, 0.15) is 28.2 Å². The normalized spacial score (nSPS) is 10.2. The van der Waals surface area contributed by atoms with Crippen LogP contribution in [0.4, 0.5) is 0 Å². The largest absolute Gasteiger partial charge is 1.00 e. The number of nitrogens with zero attached hydrogens (tertiary/aromatic N) is 2. The van der Waals surface area contributed by atoms with E-state index in [2.05, 4.69) is 68.3 Å². The third-order valence-corrected chi connectivity index (χ3v) is 11.6. The van der Waals surface area contributed by atoms with Gasteiger partial charge in [0, 0.05) is 70.5 Å². The molecule has 0 spiro atoms. The van der Waals surface area contributed by atoms with E-state index in [4.69, 9.17) is 35.1 Å². The van der Waals surface area contributed by atoms with Crippen molar-refractivity contribution in [3.8, 4) is 33.9 Å². The number of rotatable bonds is 7. The minimum absolute atomic E-state index is 0. The number of fused-ring (bicyclic) bond motifs is 6. The Labute approximate surface area is 463 Å². The molecule has 0 atom stereocenters. The fourth-order valence-corrected chi connectivity index (χ4v) is 8.27. The molecule has 9 nitrogen and oxygen atoms in total. The van der Waals surface area contributed by atoms with Crippen molar-refractivity contribution in [3.63, 3.8) is 0 Å². The summed E-state index contributed by atoms with van der Waals surface area (Å²) in [6.07, 6.45) is 3.41. The quantitative estimate of drug-likeness (QED) is 0.0466. The van der Waals surface area contributed by atoms with E-state index in [0.29, 0.717) is 11.4 Å². The van der Waals surface area contributed by atoms with Gasteiger partial charge < -0.3 is 25.2 Å². The zero-order chi connectivity index (χ0) is 47.4. The maximum absolute atomic E-state index is 12.2. The van der Waals surface area contributed by atoms with Gasteiger partial charge in [-0.05, 0) is 67.6 Å². The number of nitrogen functional groups attached to an aromatic ring is 1. The second-order valence-electron chi connectivity index (χ2n) is 15.2. The van der Waals surface area contributed by atoms with Crippen LogP contribution in [-0.4, -0.2) is 38.8 Å². The first kappa shape index (κ1) is 58.1. The van der Waals surface area contributed by atoms with Crippen LogP contribution in [0, 0.1) is 5.41 Å². The van der Waals surface area contributed by atoms with E-state index in [9.17, 15) is 4.79 Å². The Morgan fingerprint density at radius 3 is 1.67 bits per heavy atom. The van der Waals surface area contributed by atoms with E-state index in [0.717, 1.165) is 92.0 Å². The number of benzene rings is 8. The predicted octanol–water partition coefficient (Wildman–Crippen LogP) is 13.2. The van der Waals surface area contributed by atoms with Crippen molar-refractivity contribution in [1.29, 1.82) is 5.41 Å². The molecule has 8 aromatic carbocycles. The monoisotopic (exact) mass is 1110 g/mol. The van der Waals surface area contributed by atoms with Crippen LogP contribution < -0.4 is 35.3 Å². The summed E-state index contributed by atoms with van der Waals surface area (Å²) in [6.45, 7) is 1.93. The molecule has 0 aliphatic rings. The molecule has 3 heterocycles. The summed E-state index contributed by atoms with van der Waals surface area (Å²) >= 11 is 6.85. The van der Waals surface area contributed by atoms with Gasteiger partial charge in [0.25, 0.3) is 0 Å². The van der Waals surface area contributed by atoms with Crippen molar-refractivity contribution in [2.24, 2.45) is 5.73 Å². The summed E-state index contributed by atoms with van der Waals surface area (Å²) in [7, 11) is 0. The number of aliphatic hydroxyl groups excluding tert-OH is 1. The van der Waals surface area contributed by atoms with Crippen molar-refractivity contribution in [3.05, 3.63) is 232 Å². The minimum atomic E-state index is -0.0151. The standard InChI is InChI=1S/C28H17BrN2O.C21H14O2.C7H7BrN2.C2H6O.CH4.ClH.Na.H2O/c29-20-11-6-10-19(16-20)28-30-24(18-8-2-1-3-9-18)17-25(31-28)23-14-7-13-22-21-12-4-5-15-26(21)32-27(22)23;22-19(15-7-2-1-3-8-15)14-13-16-9-6-11-18-17-10-4-5-12-20(17)23-21(16)18;8-6-3-1-2-5(4-6)7(9)10;1-2-3;;;;/h1-17H;1-14H;1-4H,(H3,9,10);3H,2H2,1H3;1H4;1H;;1H2/q;;;;;;+1;/p-1/b;14-13+;;;;;;. The predicted molar refractivity (Wildman–Crippen MR) is 301 cm³/mol. The molecular weight excluding hydrogens is 1060 g/mol. The molecule has 3 aromatic heterocycles. The molecule has 0 bridgehead atoms. The number of amidine groups is 1. The number of ketones is 1. The molecule has 0 radical (unpaired) electrons. The molecule has 11 rings (SSSR count). The molecule has 0 saturated carbocycles. The van der Waals surface area contributed by atoms with Crippen molar-refractivity contribution in [2.75, 3.05) is 6.61 Å². The number of nitrogens with one attached hydrogen (secondary N) is 1. The van der Waals surface area contributed by atoms with Crippen molar-refractivity contribution < 1.29 is 53.8 Å². The van der Waals surface area contributed by atoms with E-state index < -0.39 is 0 Å². The second kappa shape index (κ2) is 27.9. The van der Waals surface area contributed by atoms with Gasteiger partial charge in [-0.15, -0.1) is 12.4 Å². The Morgan fingerprint density at radius 2 is 1.07 bits per heavy atom. The van der Waals surface area contributed by atoms with Gasteiger partial charge in [-0.1, -0.05) is 191 Å². The van der Waals surface area contributed by atoms with E-state index in [-0.39, 0.29) is 73.1 Å². The molecule has 0 amide bonds. The fraction of sp³-hybridized carbons (Fsp3) is 0.0508. The van der Waals surface area contributed by atoms with Crippen molar-refractivity contribution in [1.82, 2.24) is 9.97 Å². The maximum Gasteiger partial charge on any atom is 1.00 e. The number of hydrogen-bond acceptors (Lipinski definition) is 8. The van der Waals surface area contributed by atoms with Gasteiger partial charge in [-0.3, -0.25) is 10.2 Å². The molecule has 5 N–H and O–H groups in total. The van der Waals surface area contributed by atoms with Crippen LogP contribution in [-0.2, 0) is 0 Å². The van der Waals surface area contributed by atoms with Crippen molar-refractivity contribution in [2.45, 2.75) is 14.4 Å². The topological polar surface area (TPSA) is 169 Å². The molecule has 358 valence electrons. The Morgan fingerprint density at radius 1 is 0.597 bits per heavy atom. The smallest absolute Gasteiger partial charge is 0.870 e. The van der Waals surface area contributed by atoms with E-state index in [1.165, 1.54) is 0 Å². The van der Waals surface area contributed by atoms with Gasteiger partial charge in [0.05, 0.1) is 11.4 Å². The zero-order valence-electron chi connectivity index (χ0n) is 38.7. The SMILES string of the molecule is Brc1cccc(-c2nc(-c3ccccc3)cc(-c3cccc4c3oc3ccccc34)n2)c1.C.CCO.Cl.N=C(N)c1cccc(Br)c1.O=C(/C=C/c1cccc2c1oc1ccccc12)c1ccccc1.[Na+].[OH-]. The first-order chi connectivity index (χ1) is 33.2. The molecule has 0 fully saturated rings. The third-order valence-electron chi connectivity index (χ3n) is 10.6. The fourth-order valence-electron chi connectivity index (χ4n) is 7.47. The number of hydrogen-bond donors (Lipinski definition) is 3. The zero-order valence-corrected chi connectivity index (χ0v) is 44.7. The number of aromatic nitrogens is 2. The summed E-state index contributed by atoms with van der Waals surface area (Å²) in [5.74, 6) is 0.760. The van der Waals surface area contributed by atoms with Crippen LogP contribution in [0.1, 0.15) is 35.8 Å². The van der Waals surface area contributed by atoms with Gasteiger partial charge in [0.15, 0.2) is 11.6 Å². The van der Waals surface area contributed by atoms with Gasteiger partial charge in [-0.2, -0.15) is 0 Å². The van der Waals surface area contributed by atoms with Crippen LogP contribution in [0.15, 0.2) is 224 Å². The number of furan rings is 2. The van der Waals surface area contributed by atoms with Crippen LogP contribution in [0.5, 0.6) is 0 Å². The average molecular weight is 1110 g/mol. The molecular formula is C59H50Br2ClN4NaO5. The molecule has 13 heteroatoms. The number of halogens is 3. The molecule has 0 aliphatic carbocycles. The number of aliphatic hydroxyl groups is 1. The number of allylic oxidation sites excluding steroid dienone is 1. The Bertz CT molecular complexity index is 3570. The summed E-state index contributed by atoms with van der Waals surface area (Å²) in [5.41, 5.74) is 15.6. The first-order valence-corrected chi connectivity index (χ1v) is 23.3. The molecule has 11 aromatic rings. The third kappa shape index (κ3) is 14.1. The molecule has 0 aliphatic heterocycles. The van der Waals surface area contributed by atoms with Crippen LogP contribution in [0.2, 0.25) is 0 Å². The number of nitrogens with two attached hydrogens (primary N) is 1. The Hall–Kier alpha value is -6.51.